The molecule has 0 spiro atoms. The fraction of sp³-hybridized carbons (Fsp3) is 0.458. The highest BCUT2D eigenvalue weighted by molar-refractivity contribution is 7.89. The van der Waals surface area contributed by atoms with Gasteiger partial charge in [0.1, 0.15) is 0 Å². The van der Waals surface area contributed by atoms with Crippen LogP contribution >= 0.6 is 0 Å². The standard InChI is InChI=1S/C24H30N2O3S/c1-15-10-16(2)12-20(11-15)24(27)25-21-6-8-22(9-7-21)30(28,29)26-17(3)23-14-18-4-5-19(23)13-18/h6-12,17-19,23,26H,4-5,13-14H2,1-3H3,(H,25,27)/t17-,18+,19+,23-/m1/s1. The molecule has 160 valence electrons. The first-order valence-electron chi connectivity index (χ1n) is 10.7. The number of carbonyl (C=O) groups is 1. The van der Waals surface area contributed by atoms with E-state index in [-0.39, 0.29) is 16.8 Å². The van der Waals surface area contributed by atoms with Gasteiger partial charge in [0.05, 0.1) is 4.90 Å². The number of rotatable bonds is 6. The fourth-order valence-electron chi connectivity index (χ4n) is 5.33. The molecule has 0 aliphatic heterocycles. The molecule has 30 heavy (non-hydrogen) atoms. The first-order valence-corrected chi connectivity index (χ1v) is 12.2. The molecule has 4 atom stereocenters. The number of carbonyl (C=O) groups excluding carboxylic acids is 1. The normalized spacial score (nSPS) is 24.0. The molecule has 0 radical (unpaired) electrons. The summed E-state index contributed by atoms with van der Waals surface area (Å²) in [5.74, 6) is 1.68. The van der Waals surface area contributed by atoms with Crippen LogP contribution in [0.4, 0.5) is 5.69 Å². The van der Waals surface area contributed by atoms with Gasteiger partial charge >= 0.3 is 0 Å². The minimum absolute atomic E-state index is 0.0609. The topological polar surface area (TPSA) is 75.3 Å². The third kappa shape index (κ3) is 4.44. The van der Waals surface area contributed by atoms with Gasteiger partial charge in [0.2, 0.25) is 10.0 Å². The van der Waals surface area contributed by atoms with Crippen molar-refractivity contribution in [3.63, 3.8) is 0 Å². The molecule has 4 rings (SSSR count). The quantitative estimate of drug-likeness (QED) is 0.705. The zero-order chi connectivity index (χ0) is 21.5. The monoisotopic (exact) mass is 426 g/mol. The SMILES string of the molecule is Cc1cc(C)cc(C(=O)Nc2ccc(S(=O)(=O)N[C@H](C)[C@H]3C[C@H]4CC[C@H]3C4)cc2)c1. The van der Waals surface area contributed by atoms with E-state index in [0.29, 0.717) is 23.1 Å². The van der Waals surface area contributed by atoms with Crippen molar-refractivity contribution in [3.05, 3.63) is 59.2 Å². The summed E-state index contributed by atoms with van der Waals surface area (Å²) in [6.45, 7) is 5.89. The van der Waals surface area contributed by atoms with E-state index in [9.17, 15) is 13.2 Å². The summed E-state index contributed by atoms with van der Waals surface area (Å²) in [6, 6.07) is 12.0. The average Bonchev–Trinajstić information content (AvgIpc) is 3.31. The highest BCUT2D eigenvalue weighted by Crippen LogP contribution is 2.49. The largest absolute Gasteiger partial charge is 0.322 e. The van der Waals surface area contributed by atoms with Crippen molar-refractivity contribution < 1.29 is 13.2 Å². The lowest BCUT2D eigenvalue weighted by atomic mass is 9.84. The minimum Gasteiger partial charge on any atom is -0.322 e. The van der Waals surface area contributed by atoms with Crippen LogP contribution in [-0.4, -0.2) is 20.4 Å². The Morgan fingerprint density at radius 1 is 1.00 bits per heavy atom. The van der Waals surface area contributed by atoms with Crippen LogP contribution in [-0.2, 0) is 10.0 Å². The van der Waals surface area contributed by atoms with Gasteiger partial charge in [-0.25, -0.2) is 13.1 Å². The summed E-state index contributed by atoms with van der Waals surface area (Å²) in [5, 5.41) is 2.84. The molecule has 2 bridgehead atoms. The van der Waals surface area contributed by atoms with Gasteiger partial charge in [-0.2, -0.15) is 0 Å². The first-order chi connectivity index (χ1) is 14.2. The van der Waals surface area contributed by atoms with Crippen molar-refractivity contribution in [1.29, 1.82) is 0 Å². The van der Waals surface area contributed by atoms with Gasteiger partial charge in [-0.3, -0.25) is 4.79 Å². The Morgan fingerprint density at radius 2 is 1.67 bits per heavy atom. The molecule has 5 nitrogen and oxygen atoms in total. The number of fused-ring (bicyclic) bond motifs is 2. The van der Waals surface area contributed by atoms with Crippen LogP contribution in [0.3, 0.4) is 0 Å². The molecule has 1 amide bonds. The molecule has 2 aromatic rings. The number of nitrogens with one attached hydrogen (secondary N) is 2. The summed E-state index contributed by atoms with van der Waals surface area (Å²) in [7, 11) is -3.59. The lowest BCUT2D eigenvalue weighted by Gasteiger charge is -2.28. The maximum absolute atomic E-state index is 12.8. The third-order valence-corrected chi connectivity index (χ3v) is 8.26. The average molecular weight is 427 g/mol. The maximum Gasteiger partial charge on any atom is 0.255 e. The van der Waals surface area contributed by atoms with Gasteiger partial charge in [-0.15, -0.1) is 0 Å². The highest BCUT2D eigenvalue weighted by atomic mass is 32.2. The number of anilines is 1. The Balaban J connectivity index is 1.41. The van der Waals surface area contributed by atoms with Gasteiger partial charge in [0, 0.05) is 17.3 Å². The zero-order valence-corrected chi connectivity index (χ0v) is 18.6. The van der Waals surface area contributed by atoms with Crippen LogP contribution in [0.15, 0.2) is 47.4 Å². The second kappa shape index (κ2) is 8.16. The summed E-state index contributed by atoms with van der Waals surface area (Å²) in [5.41, 5.74) is 3.21. The van der Waals surface area contributed by atoms with E-state index in [1.807, 2.05) is 39.0 Å². The van der Waals surface area contributed by atoms with Gasteiger partial charge in [0.15, 0.2) is 0 Å². The molecule has 6 heteroatoms. The maximum atomic E-state index is 12.8. The number of aryl methyl sites for hydroxylation is 2. The Morgan fingerprint density at radius 3 is 2.23 bits per heavy atom. The molecule has 2 N–H and O–H groups in total. The predicted octanol–water partition coefficient (Wildman–Crippen LogP) is 4.66. The van der Waals surface area contributed by atoms with Crippen molar-refractivity contribution in [2.24, 2.45) is 17.8 Å². The third-order valence-electron chi connectivity index (χ3n) is 6.68. The molecule has 2 saturated carbocycles. The van der Waals surface area contributed by atoms with Gasteiger partial charge in [-0.05, 0) is 94.2 Å². The second-order valence-electron chi connectivity index (χ2n) is 9.10. The van der Waals surface area contributed by atoms with Crippen LogP contribution in [0.5, 0.6) is 0 Å². The van der Waals surface area contributed by atoms with E-state index >= 15 is 0 Å². The Hall–Kier alpha value is -2.18. The predicted molar refractivity (Wildman–Crippen MR) is 119 cm³/mol. The van der Waals surface area contributed by atoms with Crippen molar-refractivity contribution in [3.8, 4) is 0 Å². The van der Waals surface area contributed by atoms with Crippen LogP contribution in [0.1, 0.15) is 54.1 Å². The van der Waals surface area contributed by atoms with E-state index in [1.165, 1.54) is 19.3 Å². The second-order valence-corrected chi connectivity index (χ2v) is 10.8. The molecule has 0 unspecified atom stereocenters. The summed E-state index contributed by atoms with van der Waals surface area (Å²) in [4.78, 5) is 12.7. The number of hydrogen-bond donors (Lipinski definition) is 2. The van der Waals surface area contributed by atoms with E-state index in [0.717, 1.165) is 23.5 Å². The molecule has 0 saturated heterocycles. The van der Waals surface area contributed by atoms with Gasteiger partial charge in [0.25, 0.3) is 5.91 Å². The molecular weight excluding hydrogens is 396 g/mol. The Kier molecular flexibility index (Phi) is 5.73. The minimum atomic E-state index is -3.59. The molecule has 2 aromatic carbocycles. The fourth-order valence-corrected chi connectivity index (χ4v) is 6.63. The number of sulfonamides is 1. The van der Waals surface area contributed by atoms with E-state index < -0.39 is 10.0 Å². The lowest BCUT2D eigenvalue weighted by molar-refractivity contribution is 0.102. The van der Waals surface area contributed by atoms with Gasteiger partial charge in [-0.1, -0.05) is 23.6 Å². The summed E-state index contributed by atoms with van der Waals surface area (Å²) < 4.78 is 28.6. The van der Waals surface area contributed by atoms with E-state index in [4.69, 9.17) is 0 Å². The first kappa shape index (κ1) is 21.1. The van der Waals surface area contributed by atoms with Crippen LogP contribution in [0, 0.1) is 31.6 Å². The lowest BCUT2D eigenvalue weighted by Crippen LogP contribution is -2.40. The van der Waals surface area contributed by atoms with E-state index in [1.54, 1.807) is 24.3 Å². The molecule has 2 aliphatic rings. The number of amides is 1. The molecule has 0 heterocycles. The van der Waals surface area contributed by atoms with Crippen molar-refractivity contribution in [2.75, 3.05) is 5.32 Å². The van der Waals surface area contributed by atoms with Crippen LogP contribution in [0.25, 0.3) is 0 Å². The molecule has 2 aliphatic carbocycles. The highest BCUT2D eigenvalue weighted by Gasteiger charge is 2.42. The van der Waals surface area contributed by atoms with Crippen molar-refractivity contribution >= 4 is 21.6 Å². The molecule has 0 aromatic heterocycles. The van der Waals surface area contributed by atoms with E-state index in [2.05, 4.69) is 10.0 Å². The van der Waals surface area contributed by atoms with Crippen molar-refractivity contribution in [1.82, 2.24) is 4.72 Å². The Labute approximate surface area is 179 Å². The zero-order valence-electron chi connectivity index (χ0n) is 17.8. The van der Waals surface area contributed by atoms with Crippen LogP contribution < -0.4 is 10.0 Å². The van der Waals surface area contributed by atoms with Gasteiger partial charge < -0.3 is 5.32 Å². The summed E-state index contributed by atoms with van der Waals surface area (Å²) >= 11 is 0. The van der Waals surface area contributed by atoms with Crippen molar-refractivity contribution in [2.45, 2.75) is 57.4 Å². The van der Waals surface area contributed by atoms with Crippen LogP contribution in [0.2, 0.25) is 0 Å². The summed E-state index contributed by atoms with van der Waals surface area (Å²) in [6.07, 6.45) is 4.93. The smallest absolute Gasteiger partial charge is 0.255 e. The number of benzene rings is 2. The molecule has 2 fully saturated rings. The molecular formula is C24H30N2O3S. The Bertz CT molecular complexity index is 1030. The number of hydrogen-bond acceptors (Lipinski definition) is 3.